The van der Waals surface area contributed by atoms with E-state index in [1.807, 2.05) is 0 Å². The predicted molar refractivity (Wildman–Crippen MR) is 106 cm³/mol. The van der Waals surface area contributed by atoms with E-state index in [0.717, 1.165) is 9.87 Å². The minimum Gasteiger partial charge on any atom is -0.495 e. The molecule has 9 heteroatoms. The van der Waals surface area contributed by atoms with Crippen LogP contribution in [0.4, 0.5) is 4.39 Å². The lowest BCUT2D eigenvalue weighted by atomic mass is 10.0. The van der Waals surface area contributed by atoms with Crippen LogP contribution in [0.3, 0.4) is 0 Å². The van der Waals surface area contributed by atoms with Gasteiger partial charge in [-0.25, -0.2) is 17.1 Å². The summed E-state index contributed by atoms with van der Waals surface area (Å²) in [6, 6.07) is 8.74. The van der Waals surface area contributed by atoms with Crippen LogP contribution in [-0.2, 0) is 10.0 Å². The lowest BCUT2D eigenvalue weighted by Gasteiger charge is -2.26. The first-order valence-electron chi connectivity index (χ1n) is 8.58. The van der Waals surface area contributed by atoms with Crippen LogP contribution < -0.4 is 10.1 Å². The number of carbonyl (C=O) groups excluding carboxylic acids is 1. The first-order chi connectivity index (χ1) is 13.3. The van der Waals surface area contributed by atoms with Gasteiger partial charge in [0.15, 0.2) is 0 Å². The number of ether oxygens (including phenoxy) is 1. The zero-order valence-electron chi connectivity index (χ0n) is 15.7. The van der Waals surface area contributed by atoms with Gasteiger partial charge in [-0.05, 0) is 36.2 Å². The summed E-state index contributed by atoms with van der Waals surface area (Å²) in [7, 11) is 0.401. The normalized spacial score (nSPS) is 16.5. The Balaban J connectivity index is 1.92. The number of hydrogen-bond acceptors (Lipinski definition) is 5. The van der Waals surface area contributed by atoms with Crippen LogP contribution in [0.1, 0.15) is 28.4 Å². The lowest BCUT2D eigenvalue weighted by molar-refractivity contribution is 0.0934. The van der Waals surface area contributed by atoms with E-state index in [9.17, 15) is 17.6 Å². The van der Waals surface area contributed by atoms with Gasteiger partial charge in [-0.1, -0.05) is 12.1 Å². The van der Waals surface area contributed by atoms with Crippen LogP contribution in [-0.4, -0.2) is 45.6 Å². The molecule has 1 heterocycles. The summed E-state index contributed by atoms with van der Waals surface area (Å²) < 4.78 is 45.3. The number of amides is 1. The topological polar surface area (TPSA) is 75.7 Å². The number of rotatable bonds is 5. The molecule has 1 aliphatic heterocycles. The number of hydrogen-bond donors (Lipinski definition) is 1. The standard InChI is InChI=1S/C19H21FN2O4S2/c1-22(2)28(24,25)17-11-12(7-8-16(17)26-3)19(23)21-15-9-10-27-18-13(15)5-4-6-14(18)20/h4-8,11,15H,9-10H2,1-3H3,(H,21,23)/t15-/m1/s1. The van der Waals surface area contributed by atoms with E-state index >= 15 is 0 Å². The van der Waals surface area contributed by atoms with Crippen LogP contribution in [0.15, 0.2) is 46.2 Å². The van der Waals surface area contributed by atoms with Crippen molar-refractivity contribution in [2.24, 2.45) is 0 Å². The molecule has 6 nitrogen and oxygen atoms in total. The summed E-state index contributed by atoms with van der Waals surface area (Å²) in [5.74, 6) is 0.115. The molecular weight excluding hydrogens is 403 g/mol. The van der Waals surface area contributed by atoms with Gasteiger partial charge in [0, 0.05) is 30.3 Å². The minimum atomic E-state index is -3.79. The highest BCUT2D eigenvalue weighted by Gasteiger charge is 2.27. The molecule has 2 aromatic carbocycles. The summed E-state index contributed by atoms with van der Waals surface area (Å²) in [4.78, 5) is 13.3. The van der Waals surface area contributed by atoms with Crippen LogP contribution in [0.25, 0.3) is 0 Å². The fourth-order valence-corrected chi connectivity index (χ4v) is 5.21. The zero-order chi connectivity index (χ0) is 20.5. The monoisotopic (exact) mass is 424 g/mol. The molecule has 1 aliphatic rings. The molecule has 0 unspecified atom stereocenters. The number of nitrogens with one attached hydrogen (secondary N) is 1. The largest absolute Gasteiger partial charge is 0.495 e. The van der Waals surface area contributed by atoms with Crippen molar-refractivity contribution in [3.8, 4) is 5.75 Å². The number of fused-ring (bicyclic) bond motifs is 1. The molecule has 2 aromatic rings. The van der Waals surface area contributed by atoms with Crippen molar-refractivity contribution in [3.63, 3.8) is 0 Å². The summed E-state index contributed by atoms with van der Waals surface area (Å²) >= 11 is 1.43. The molecule has 150 valence electrons. The fourth-order valence-electron chi connectivity index (χ4n) is 2.99. The maximum atomic E-state index is 14.0. The zero-order valence-corrected chi connectivity index (χ0v) is 17.4. The highest BCUT2D eigenvalue weighted by atomic mass is 32.2. The van der Waals surface area contributed by atoms with E-state index in [1.165, 1.54) is 57.2 Å². The van der Waals surface area contributed by atoms with E-state index in [2.05, 4.69) is 5.32 Å². The Labute approximate surface area is 168 Å². The maximum absolute atomic E-state index is 14.0. The van der Waals surface area contributed by atoms with Crippen molar-refractivity contribution in [2.45, 2.75) is 22.3 Å². The van der Waals surface area contributed by atoms with Crippen LogP contribution in [0.5, 0.6) is 5.75 Å². The SMILES string of the molecule is COc1ccc(C(=O)N[C@@H]2CCSc3c(F)cccc32)cc1S(=O)(=O)N(C)C. The summed E-state index contributed by atoms with van der Waals surface area (Å²) in [6.45, 7) is 0. The summed E-state index contributed by atoms with van der Waals surface area (Å²) in [6.07, 6.45) is 0.659. The van der Waals surface area contributed by atoms with Crippen LogP contribution >= 0.6 is 11.8 Å². The average Bonchev–Trinajstić information content (AvgIpc) is 2.68. The number of thioether (sulfide) groups is 1. The maximum Gasteiger partial charge on any atom is 0.251 e. The molecule has 3 rings (SSSR count). The molecule has 0 spiro atoms. The highest BCUT2D eigenvalue weighted by molar-refractivity contribution is 7.99. The second-order valence-corrected chi connectivity index (χ2v) is 9.70. The second kappa shape index (κ2) is 8.10. The number of nitrogens with zero attached hydrogens (tertiary/aromatic N) is 1. The number of benzene rings is 2. The van der Waals surface area contributed by atoms with Crippen molar-refractivity contribution in [2.75, 3.05) is 27.0 Å². The summed E-state index contributed by atoms with van der Waals surface area (Å²) in [5.41, 5.74) is 0.927. The Hall–Kier alpha value is -2.10. The Kier molecular flexibility index (Phi) is 5.97. The first kappa shape index (κ1) is 20.6. The molecule has 1 N–H and O–H groups in total. The number of methoxy groups -OCH3 is 1. The van der Waals surface area contributed by atoms with Gasteiger partial charge in [-0.3, -0.25) is 4.79 Å². The van der Waals surface area contributed by atoms with E-state index in [-0.39, 0.29) is 28.1 Å². The molecular formula is C19H21FN2O4S2. The third-order valence-electron chi connectivity index (χ3n) is 4.52. The molecule has 0 radical (unpaired) electrons. The first-order valence-corrected chi connectivity index (χ1v) is 11.0. The van der Waals surface area contributed by atoms with Crippen molar-refractivity contribution < 1.29 is 22.3 Å². The summed E-state index contributed by atoms with van der Waals surface area (Å²) in [5, 5.41) is 2.90. The molecule has 1 amide bonds. The Morgan fingerprint density at radius 2 is 2.04 bits per heavy atom. The van der Waals surface area contributed by atoms with E-state index < -0.39 is 15.9 Å². The van der Waals surface area contributed by atoms with Crippen molar-refractivity contribution in [1.82, 2.24) is 9.62 Å². The lowest BCUT2D eigenvalue weighted by Crippen LogP contribution is -2.31. The van der Waals surface area contributed by atoms with Gasteiger partial charge in [-0.15, -0.1) is 11.8 Å². The van der Waals surface area contributed by atoms with Crippen molar-refractivity contribution in [3.05, 3.63) is 53.3 Å². The molecule has 0 aliphatic carbocycles. The number of carbonyl (C=O) groups is 1. The van der Waals surface area contributed by atoms with Gasteiger partial charge in [0.2, 0.25) is 10.0 Å². The van der Waals surface area contributed by atoms with Gasteiger partial charge in [0.1, 0.15) is 16.5 Å². The molecule has 0 bridgehead atoms. The number of sulfonamides is 1. The predicted octanol–water partition coefficient (Wildman–Crippen LogP) is 3.05. The fraction of sp³-hybridized carbons (Fsp3) is 0.316. The second-order valence-electron chi connectivity index (χ2n) is 6.47. The average molecular weight is 425 g/mol. The molecule has 0 saturated heterocycles. The van der Waals surface area contributed by atoms with Crippen LogP contribution in [0.2, 0.25) is 0 Å². The molecule has 0 saturated carbocycles. The van der Waals surface area contributed by atoms with Crippen molar-refractivity contribution >= 4 is 27.7 Å². The van der Waals surface area contributed by atoms with Gasteiger partial charge in [0.05, 0.1) is 13.2 Å². The third-order valence-corrected chi connectivity index (χ3v) is 7.51. The van der Waals surface area contributed by atoms with Crippen LogP contribution in [0, 0.1) is 5.82 Å². The quantitative estimate of drug-likeness (QED) is 0.799. The van der Waals surface area contributed by atoms with Gasteiger partial charge < -0.3 is 10.1 Å². The molecule has 0 fully saturated rings. The van der Waals surface area contributed by atoms with Crippen molar-refractivity contribution in [1.29, 1.82) is 0 Å². The van der Waals surface area contributed by atoms with Gasteiger partial charge >= 0.3 is 0 Å². The van der Waals surface area contributed by atoms with E-state index in [0.29, 0.717) is 17.1 Å². The number of halogens is 1. The minimum absolute atomic E-state index is 0.0849. The smallest absolute Gasteiger partial charge is 0.251 e. The van der Waals surface area contributed by atoms with Gasteiger partial charge in [0.25, 0.3) is 5.91 Å². The van der Waals surface area contributed by atoms with Gasteiger partial charge in [-0.2, -0.15) is 0 Å². The highest BCUT2D eigenvalue weighted by Crippen LogP contribution is 2.38. The molecule has 1 atom stereocenters. The van der Waals surface area contributed by atoms with E-state index in [4.69, 9.17) is 4.74 Å². The Morgan fingerprint density at radius 1 is 1.29 bits per heavy atom. The third kappa shape index (κ3) is 3.87. The van der Waals surface area contributed by atoms with E-state index in [1.54, 1.807) is 12.1 Å². The Morgan fingerprint density at radius 3 is 2.71 bits per heavy atom. The molecule has 28 heavy (non-hydrogen) atoms. The molecule has 0 aromatic heterocycles. The Bertz CT molecular complexity index is 1010.